The summed E-state index contributed by atoms with van der Waals surface area (Å²) < 4.78 is 30.9. The summed E-state index contributed by atoms with van der Waals surface area (Å²) in [4.78, 5) is 22.5. The molecule has 0 aromatic heterocycles. The summed E-state index contributed by atoms with van der Waals surface area (Å²) in [7, 11) is 0. The lowest BCUT2D eigenvalue weighted by Gasteiger charge is -2.20. The number of aliphatic hydroxyl groups excluding tert-OH is 3. The molecule has 0 aromatic carbocycles. The quantitative estimate of drug-likeness (QED) is 0.423. The predicted molar refractivity (Wildman–Crippen MR) is 89.4 cm³/mol. The summed E-state index contributed by atoms with van der Waals surface area (Å²) in [6, 6.07) is 0. The van der Waals surface area contributed by atoms with Crippen molar-refractivity contribution in [3.05, 3.63) is 12.2 Å². The molecule has 9 atom stereocenters. The first-order chi connectivity index (χ1) is 13.0. The monoisotopic (exact) mass is 346 g/mol. The summed E-state index contributed by atoms with van der Waals surface area (Å²) in [6.45, 7) is 1.44. The Morgan fingerprint density at radius 3 is 2.58 bits per heavy atom. The van der Waals surface area contributed by atoms with Gasteiger partial charge < -0.3 is 20.4 Å². The Morgan fingerprint density at radius 1 is 1.25 bits per heavy atom. The molecular formula is C18H30O6. The molecule has 1 aliphatic carbocycles. The van der Waals surface area contributed by atoms with Gasteiger partial charge in [-0.25, -0.2) is 0 Å². The zero-order valence-corrected chi connectivity index (χ0v) is 13.8. The molecule has 1 rings (SSSR count). The van der Waals surface area contributed by atoms with Crippen molar-refractivity contribution >= 4 is 11.8 Å². The molecule has 138 valence electrons. The maximum atomic E-state index is 12.0. The highest BCUT2D eigenvalue weighted by Gasteiger charge is 2.41. The Hall–Kier alpha value is -1.24. The van der Waals surface area contributed by atoms with Crippen LogP contribution in [-0.2, 0) is 9.59 Å². The average molecular weight is 346 g/mol. The molecule has 0 spiro atoms. The Bertz CT molecular complexity index is 558. The second-order valence-electron chi connectivity index (χ2n) is 6.03. The molecule has 0 aliphatic heterocycles. The standard InChI is InChI=1S/C18H30O6/c1-2-3-4-5-12(19)6-8-14-15(17(22)11-16(14)21)10-13(20)7-9-18(23)24/h6,8,12,14-17,19,21-22H,2-5,7,9-11H2,1H3,(H,23,24)/b8-6+/t12-,14+,15+,16+,17-/m0/s1/i2D,3D,4D,5D/t2?,3?,4?,5?,12-,14+,15+,16+,17-. The maximum Gasteiger partial charge on any atom is 0.303 e. The van der Waals surface area contributed by atoms with E-state index in [2.05, 4.69) is 0 Å². The van der Waals surface area contributed by atoms with Crippen LogP contribution >= 0.6 is 0 Å². The highest BCUT2D eigenvalue weighted by Crippen LogP contribution is 2.36. The molecule has 4 unspecified atom stereocenters. The Morgan fingerprint density at radius 2 is 1.96 bits per heavy atom. The highest BCUT2D eigenvalue weighted by atomic mass is 16.4. The molecule has 0 saturated heterocycles. The first-order valence-electron chi connectivity index (χ1n) is 10.4. The van der Waals surface area contributed by atoms with Gasteiger partial charge in [0.25, 0.3) is 0 Å². The third-order valence-corrected chi connectivity index (χ3v) is 4.14. The van der Waals surface area contributed by atoms with Crippen LogP contribution in [-0.4, -0.2) is 50.5 Å². The van der Waals surface area contributed by atoms with Gasteiger partial charge in [0.05, 0.1) is 24.7 Å². The first kappa shape index (κ1) is 15.0. The van der Waals surface area contributed by atoms with Crippen LogP contribution in [0, 0.1) is 11.8 Å². The van der Waals surface area contributed by atoms with Crippen molar-refractivity contribution in [3.63, 3.8) is 0 Å². The number of hydrogen-bond acceptors (Lipinski definition) is 5. The maximum absolute atomic E-state index is 12.0. The van der Waals surface area contributed by atoms with E-state index in [9.17, 15) is 24.9 Å². The van der Waals surface area contributed by atoms with Gasteiger partial charge in [0.1, 0.15) is 5.78 Å². The van der Waals surface area contributed by atoms with Crippen LogP contribution in [0.3, 0.4) is 0 Å². The van der Waals surface area contributed by atoms with Gasteiger partial charge in [0.2, 0.25) is 0 Å². The fraction of sp³-hybridized carbons (Fsp3) is 0.778. The van der Waals surface area contributed by atoms with E-state index in [0.29, 0.717) is 0 Å². The number of Topliss-reactive ketones (excluding diaryl/α,β-unsaturated/α-hetero) is 1. The number of carbonyl (C=O) groups excluding carboxylic acids is 1. The smallest absolute Gasteiger partial charge is 0.303 e. The van der Waals surface area contributed by atoms with Crippen LogP contribution in [0.15, 0.2) is 12.2 Å². The third kappa shape index (κ3) is 7.11. The number of aliphatic hydroxyl groups is 3. The second-order valence-corrected chi connectivity index (χ2v) is 6.03. The molecule has 24 heavy (non-hydrogen) atoms. The summed E-state index contributed by atoms with van der Waals surface area (Å²) in [5, 5.41) is 39.0. The van der Waals surface area contributed by atoms with E-state index in [-0.39, 0.29) is 31.5 Å². The lowest BCUT2D eigenvalue weighted by molar-refractivity contribution is -0.138. The van der Waals surface area contributed by atoms with Crippen LogP contribution in [0.2, 0.25) is 0 Å². The number of carboxylic acids is 1. The van der Waals surface area contributed by atoms with Gasteiger partial charge in [0.15, 0.2) is 0 Å². The normalized spacial score (nSPS) is 36.0. The number of rotatable bonds is 11. The van der Waals surface area contributed by atoms with E-state index in [1.54, 1.807) is 0 Å². The summed E-state index contributed by atoms with van der Waals surface area (Å²) in [5.74, 6) is -2.73. The second kappa shape index (κ2) is 10.6. The van der Waals surface area contributed by atoms with Crippen LogP contribution in [0.4, 0.5) is 0 Å². The molecular weight excluding hydrogens is 312 g/mol. The minimum absolute atomic E-state index is 0.0402. The highest BCUT2D eigenvalue weighted by molar-refractivity contribution is 5.82. The molecule has 4 N–H and O–H groups in total. The van der Waals surface area contributed by atoms with Crippen molar-refractivity contribution in [1.29, 1.82) is 0 Å². The van der Waals surface area contributed by atoms with Gasteiger partial charge >= 0.3 is 5.97 Å². The van der Waals surface area contributed by atoms with Gasteiger partial charge in [-0.2, -0.15) is 0 Å². The SMILES string of the molecule is [2H]C(C)C([2H])C([2H])C([2H])[C@H](O)/C=C/[C@@H]1[C@@H](CC(=O)CCC(=O)O)[C@@H](O)C[C@H]1O. The fourth-order valence-electron chi connectivity index (χ4n) is 2.87. The van der Waals surface area contributed by atoms with Crippen molar-refractivity contribution in [2.24, 2.45) is 11.8 Å². The molecule has 0 heterocycles. The number of aliphatic carboxylic acids is 1. The number of carboxylic acid groups (broad SMARTS) is 1. The minimum Gasteiger partial charge on any atom is -0.481 e. The van der Waals surface area contributed by atoms with Gasteiger partial charge in [0, 0.05) is 36.6 Å². The molecule has 6 nitrogen and oxygen atoms in total. The lowest BCUT2D eigenvalue weighted by Crippen LogP contribution is -2.24. The van der Waals surface area contributed by atoms with Crippen LogP contribution < -0.4 is 0 Å². The van der Waals surface area contributed by atoms with E-state index in [0.717, 1.165) is 0 Å². The molecule has 0 bridgehead atoms. The van der Waals surface area contributed by atoms with Crippen LogP contribution in [0.25, 0.3) is 0 Å². The first-order valence-corrected chi connectivity index (χ1v) is 8.10. The van der Waals surface area contributed by atoms with Crippen LogP contribution in [0.1, 0.15) is 63.7 Å². The fourth-order valence-corrected chi connectivity index (χ4v) is 2.87. The topological polar surface area (TPSA) is 115 Å². The number of hydrogen-bond donors (Lipinski definition) is 4. The van der Waals surface area contributed by atoms with Crippen molar-refractivity contribution in [1.82, 2.24) is 0 Å². The third-order valence-electron chi connectivity index (χ3n) is 4.14. The summed E-state index contributed by atoms with van der Waals surface area (Å²) >= 11 is 0. The molecule has 6 heteroatoms. The van der Waals surface area contributed by atoms with Gasteiger partial charge in [-0.1, -0.05) is 38.3 Å². The van der Waals surface area contributed by atoms with Crippen molar-refractivity contribution in [3.8, 4) is 0 Å². The van der Waals surface area contributed by atoms with E-state index >= 15 is 0 Å². The minimum atomic E-state index is -1.40. The lowest BCUT2D eigenvalue weighted by atomic mass is 9.87. The predicted octanol–water partition coefficient (Wildman–Crippen LogP) is 1.67. The van der Waals surface area contributed by atoms with E-state index < -0.39 is 61.7 Å². The van der Waals surface area contributed by atoms with Gasteiger partial charge in [-0.3, -0.25) is 9.59 Å². The molecule has 0 amide bonds. The van der Waals surface area contributed by atoms with Gasteiger partial charge in [-0.15, -0.1) is 0 Å². The van der Waals surface area contributed by atoms with Crippen LogP contribution in [0.5, 0.6) is 0 Å². The Labute approximate surface area is 148 Å². The number of ketones is 1. The average Bonchev–Trinajstić information content (AvgIpc) is 2.88. The molecule has 0 aromatic rings. The molecule has 1 fully saturated rings. The zero-order valence-electron chi connectivity index (χ0n) is 17.8. The largest absolute Gasteiger partial charge is 0.481 e. The van der Waals surface area contributed by atoms with Gasteiger partial charge in [-0.05, 0) is 6.40 Å². The Balaban J connectivity index is 2.76. The molecule has 0 radical (unpaired) electrons. The number of carbonyl (C=O) groups is 2. The van der Waals surface area contributed by atoms with Crippen molar-refractivity contribution < 1.29 is 35.5 Å². The summed E-state index contributed by atoms with van der Waals surface area (Å²) in [5.41, 5.74) is 0. The molecule has 1 saturated carbocycles. The Kier molecular flexibility index (Phi) is 6.64. The van der Waals surface area contributed by atoms with Crippen molar-refractivity contribution in [2.45, 2.75) is 76.5 Å². The molecule has 1 aliphatic rings. The van der Waals surface area contributed by atoms with Crippen molar-refractivity contribution in [2.75, 3.05) is 0 Å². The van der Waals surface area contributed by atoms with E-state index in [1.807, 2.05) is 0 Å². The summed E-state index contributed by atoms with van der Waals surface area (Å²) in [6.07, 6.45) is -5.88. The van der Waals surface area contributed by atoms with E-state index in [4.69, 9.17) is 10.6 Å². The van der Waals surface area contributed by atoms with E-state index in [1.165, 1.54) is 19.1 Å². The zero-order chi connectivity index (χ0) is 21.6.